The molecule has 2 aromatic carbocycles. The van der Waals surface area contributed by atoms with E-state index >= 15 is 0 Å². The zero-order chi connectivity index (χ0) is 23.0. The van der Waals surface area contributed by atoms with Crippen LogP contribution in [0.3, 0.4) is 0 Å². The van der Waals surface area contributed by atoms with E-state index in [0.717, 1.165) is 0 Å². The summed E-state index contributed by atoms with van der Waals surface area (Å²) in [6.45, 7) is 1.78. The number of Topliss-reactive ketones (excluding diaryl/α,β-unsaturated/α-hetero) is 1. The second-order valence-electron chi connectivity index (χ2n) is 7.15. The van der Waals surface area contributed by atoms with Gasteiger partial charge in [-0.25, -0.2) is 0 Å². The summed E-state index contributed by atoms with van der Waals surface area (Å²) in [6.07, 6.45) is 1.44. The number of hydrogen-bond donors (Lipinski definition) is 1. The molecule has 0 saturated carbocycles. The fraction of sp³-hybridized carbons (Fsp3) is 0.167. The van der Waals surface area contributed by atoms with Crippen molar-refractivity contribution in [2.45, 2.75) is 13.0 Å². The molecule has 1 aliphatic heterocycles. The van der Waals surface area contributed by atoms with Crippen molar-refractivity contribution in [3.63, 3.8) is 0 Å². The standard InChI is InChI=1S/C24H20ClNO6/c1-13-12-14(25)9-10-15(13)26-21(18-8-5-11-32-18)20(23(28)24(26)29)22(27)19-16(30-2)6-4-7-17(19)31-3/h4-12,21,27H,1-3H3/b22-20+. The average molecular weight is 454 g/mol. The Labute approximate surface area is 189 Å². The zero-order valence-corrected chi connectivity index (χ0v) is 18.3. The molecule has 1 saturated heterocycles. The van der Waals surface area contributed by atoms with Crippen LogP contribution in [-0.4, -0.2) is 31.0 Å². The summed E-state index contributed by atoms with van der Waals surface area (Å²) >= 11 is 6.08. The minimum absolute atomic E-state index is 0.137. The van der Waals surface area contributed by atoms with Crippen molar-refractivity contribution < 1.29 is 28.6 Å². The number of hydrogen-bond acceptors (Lipinski definition) is 6. The molecule has 0 bridgehead atoms. The molecule has 8 heteroatoms. The van der Waals surface area contributed by atoms with Gasteiger partial charge in [-0.3, -0.25) is 14.5 Å². The van der Waals surface area contributed by atoms with Gasteiger partial charge in [0.15, 0.2) is 0 Å². The van der Waals surface area contributed by atoms with Crippen LogP contribution >= 0.6 is 11.6 Å². The predicted molar refractivity (Wildman–Crippen MR) is 119 cm³/mol. The quantitative estimate of drug-likeness (QED) is 0.336. The minimum atomic E-state index is -1.00. The fourth-order valence-corrected chi connectivity index (χ4v) is 4.13. The molecule has 1 unspecified atom stereocenters. The summed E-state index contributed by atoms with van der Waals surface area (Å²) in [4.78, 5) is 27.7. The summed E-state index contributed by atoms with van der Waals surface area (Å²) in [5.41, 5.74) is 1.19. The van der Waals surface area contributed by atoms with Gasteiger partial charge in [-0.15, -0.1) is 0 Å². The first-order valence-corrected chi connectivity index (χ1v) is 10.1. The first-order valence-electron chi connectivity index (χ1n) is 9.71. The number of ketones is 1. The highest BCUT2D eigenvalue weighted by molar-refractivity contribution is 6.51. The number of aliphatic hydroxyl groups is 1. The summed E-state index contributed by atoms with van der Waals surface area (Å²) in [5, 5.41) is 11.8. The Kier molecular flexibility index (Phi) is 5.67. The molecule has 7 nitrogen and oxygen atoms in total. The van der Waals surface area contributed by atoms with Crippen LogP contribution in [0.1, 0.15) is 22.9 Å². The van der Waals surface area contributed by atoms with Crippen LogP contribution in [-0.2, 0) is 9.59 Å². The maximum atomic E-state index is 13.2. The third-order valence-electron chi connectivity index (χ3n) is 5.34. The first-order chi connectivity index (χ1) is 15.4. The second-order valence-corrected chi connectivity index (χ2v) is 7.59. The Hall–Kier alpha value is -3.71. The second kappa shape index (κ2) is 8.43. The number of carbonyl (C=O) groups excluding carboxylic acids is 2. The number of furan rings is 1. The van der Waals surface area contributed by atoms with Crippen molar-refractivity contribution in [3.8, 4) is 11.5 Å². The summed E-state index contributed by atoms with van der Waals surface area (Å²) < 4.78 is 16.3. The molecule has 164 valence electrons. The van der Waals surface area contributed by atoms with Gasteiger partial charge in [-0.1, -0.05) is 17.7 Å². The van der Waals surface area contributed by atoms with Crippen LogP contribution in [0.25, 0.3) is 5.76 Å². The van der Waals surface area contributed by atoms with Crippen molar-refractivity contribution in [2.75, 3.05) is 19.1 Å². The maximum absolute atomic E-state index is 13.2. The molecule has 4 rings (SSSR count). The van der Waals surface area contributed by atoms with E-state index in [9.17, 15) is 14.7 Å². The molecule has 32 heavy (non-hydrogen) atoms. The van der Waals surface area contributed by atoms with Crippen molar-refractivity contribution in [1.29, 1.82) is 0 Å². The summed E-state index contributed by atoms with van der Waals surface area (Å²) in [7, 11) is 2.87. The first kappa shape index (κ1) is 21.5. The van der Waals surface area contributed by atoms with Crippen LogP contribution in [0.5, 0.6) is 11.5 Å². The predicted octanol–water partition coefficient (Wildman–Crippen LogP) is 4.88. The molecule has 1 N–H and O–H groups in total. The van der Waals surface area contributed by atoms with E-state index in [2.05, 4.69) is 0 Å². The molecule has 1 amide bonds. The van der Waals surface area contributed by atoms with Gasteiger partial charge in [0.1, 0.15) is 34.6 Å². The number of benzene rings is 2. The SMILES string of the molecule is COc1cccc(OC)c1/C(O)=C1\C(=O)C(=O)N(c2ccc(Cl)cc2C)C1c1ccco1. The smallest absolute Gasteiger partial charge is 0.300 e. The van der Waals surface area contributed by atoms with Crippen molar-refractivity contribution in [1.82, 2.24) is 0 Å². The number of aryl methyl sites for hydroxylation is 1. The monoisotopic (exact) mass is 453 g/mol. The van der Waals surface area contributed by atoms with Gasteiger partial charge in [0.25, 0.3) is 11.7 Å². The Morgan fingerprint density at radius 3 is 2.31 bits per heavy atom. The highest BCUT2D eigenvalue weighted by Gasteiger charge is 2.49. The molecule has 2 heterocycles. The molecule has 1 aliphatic rings. The normalized spacial score (nSPS) is 17.6. The van der Waals surface area contributed by atoms with E-state index in [0.29, 0.717) is 22.0 Å². The number of halogens is 1. The van der Waals surface area contributed by atoms with Gasteiger partial charge in [0.2, 0.25) is 0 Å². The molecular formula is C24H20ClNO6. The van der Waals surface area contributed by atoms with E-state index in [1.807, 2.05) is 0 Å². The number of nitrogens with zero attached hydrogens (tertiary/aromatic N) is 1. The molecule has 3 aromatic rings. The van der Waals surface area contributed by atoms with Gasteiger partial charge >= 0.3 is 0 Å². The van der Waals surface area contributed by atoms with Gasteiger partial charge in [-0.2, -0.15) is 0 Å². The Morgan fingerprint density at radius 2 is 1.75 bits per heavy atom. The average Bonchev–Trinajstić information content (AvgIpc) is 3.40. The molecule has 1 aromatic heterocycles. The van der Waals surface area contributed by atoms with E-state index in [1.54, 1.807) is 55.5 Å². The van der Waals surface area contributed by atoms with Crippen molar-refractivity contribution >= 4 is 34.7 Å². The topological polar surface area (TPSA) is 89.2 Å². The molecule has 0 radical (unpaired) electrons. The van der Waals surface area contributed by atoms with E-state index in [-0.39, 0.29) is 22.6 Å². The highest BCUT2D eigenvalue weighted by atomic mass is 35.5. The zero-order valence-electron chi connectivity index (χ0n) is 17.6. The van der Waals surface area contributed by atoms with Crippen molar-refractivity contribution in [3.05, 3.63) is 82.3 Å². The third-order valence-corrected chi connectivity index (χ3v) is 5.58. The number of rotatable bonds is 5. The Balaban J connectivity index is 2.00. The van der Waals surface area contributed by atoms with Crippen LogP contribution in [0, 0.1) is 6.92 Å². The van der Waals surface area contributed by atoms with Gasteiger partial charge in [0.05, 0.1) is 26.1 Å². The van der Waals surface area contributed by atoms with Gasteiger partial charge in [0, 0.05) is 10.7 Å². The van der Waals surface area contributed by atoms with E-state index < -0.39 is 23.5 Å². The van der Waals surface area contributed by atoms with Crippen molar-refractivity contribution in [2.24, 2.45) is 0 Å². The lowest BCUT2D eigenvalue weighted by Gasteiger charge is -2.25. The molecular weight excluding hydrogens is 434 g/mol. The van der Waals surface area contributed by atoms with Crippen LogP contribution in [0.4, 0.5) is 5.69 Å². The third kappa shape index (κ3) is 3.40. The fourth-order valence-electron chi connectivity index (χ4n) is 3.91. The highest BCUT2D eigenvalue weighted by Crippen LogP contribution is 2.46. The van der Waals surface area contributed by atoms with E-state index in [1.165, 1.54) is 25.4 Å². The number of amides is 1. The minimum Gasteiger partial charge on any atom is -0.506 e. The molecule has 0 aliphatic carbocycles. The number of aliphatic hydroxyl groups excluding tert-OH is 1. The Bertz CT molecular complexity index is 1210. The summed E-state index contributed by atoms with van der Waals surface area (Å²) in [6, 6.07) is 12.2. The number of methoxy groups -OCH3 is 2. The lowest BCUT2D eigenvalue weighted by atomic mass is 9.98. The van der Waals surface area contributed by atoms with Crippen LogP contribution in [0.2, 0.25) is 5.02 Å². The van der Waals surface area contributed by atoms with Gasteiger partial charge in [-0.05, 0) is 55.0 Å². The van der Waals surface area contributed by atoms with Gasteiger partial charge < -0.3 is 19.0 Å². The molecule has 1 atom stereocenters. The Morgan fingerprint density at radius 1 is 1.06 bits per heavy atom. The van der Waals surface area contributed by atoms with Crippen LogP contribution < -0.4 is 14.4 Å². The maximum Gasteiger partial charge on any atom is 0.300 e. The molecule has 0 spiro atoms. The van der Waals surface area contributed by atoms with Crippen LogP contribution in [0.15, 0.2) is 64.8 Å². The lowest BCUT2D eigenvalue weighted by molar-refractivity contribution is -0.132. The summed E-state index contributed by atoms with van der Waals surface area (Å²) in [5.74, 6) is -1.19. The largest absolute Gasteiger partial charge is 0.506 e. The van der Waals surface area contributed by atoms with E-state index in [4.69, 9.17) is 25.5 Å². The number of anilines is 1. The number of carbonyl (C=O) groups is 2. The molecule has 1 fully saturated rings. The number of ether oxygens (including phenoxy) is 2. The lowest BCUT2D eigenvalue weighted by Crippen LogP contribution is -2.29.